The molecule has 0 spiro atoms. The number of hydrogen-bond donors (Lipinski definition) is 1. The molecular formula is C13H17NO. The number of furan rings is 1. The lowest BCUT2D eigenvalue weighted by atomic mass is 10.1. The first-order valence-corrected chi connectivity index (χ1v) is 5.29. The van der Waals surface area contributed by atoms with Crippen LogP contribution in [0.5, 0.6) is 0 Å². The Bertz CT molecular complexity index is 484. The number of rotatable bonds is 2. The predicted molar refractivity (Wildman–Crippen MR) is 63.2 cm³/mol. The molecule has 0 saturated carbocycles. The summed E-state index contributed by atoms with van der Waals surface area (Å²) in [6.45, 7) is 6.31. The Hall–Kier alpha value is -1.28. The summed E-state index contributed by atoms with van der Waals surface area (Å²) < 4.78 is 5.82. The van der Waals surface area contributed by atoms with E-state index in [2.05, 4.69) is 44.3 Å². The highest BCUT2D eigenvalue weighted by molar-refractivity contribution is 5.82. The van der Waals surface area contributed by atoms with Gasteiger partial charge in [0, 0.05) is 5.39 Å². The van der Waals surface area contributed by atoms with Crippen LogP contribution in [0.2, 0.25) is 0 Å². The highest BCUT2D eigenvalue weighted by Crippen LogP contribution is 2.27. The van der Waals surface area contributed by atoms with E-state index in [4.69, 9.17) is 4.42 Å². The number of nitrogens with one attached hydrogen (secondary N) is 1. The van der Waals surface area contributed by atoms with Gasteiger partial charge in [-0.3, -0.25) is 0 Å². The van der Waals surface area contributed by atoms with E-state index in [-0.39, 0.29) is 6.04 Å². The van der Waals surface area contributed by atoms with Gasteiger partial charge in [-0.15, -0.1) is 0 Å². The minimum absolute atomic E-state index is 0.261. The largest absolute Gasteiger partial charge is 0.459 e. The van der Waals surface area contributed by atoms with Crippen molar-refractivity contribution in [2.75, 3.05) is 7.05 Å². The van der Waals surface area contributed by atoms with Crippen LogP contribution in [-0.4, -0.2) is 7.05 Å². The van der Waals surface area contributed by atoms with Crippen molar-refractivity contribution in [3.8, 4) is 0 Å². The minimum Gasteiger partial charge on any atom is -0.459 e. The lowest BCUT2D eigenvalue weighted by Gasteiger charge is -2.04. The van der Waals surface area contributed by atoms with Gasteiger partial charge in [-0.1, -0.05) is 6.07 Å². The molecule has 80 valence electrons. The second-order valence-electron chi connectivity index (χ2n) is 4.15. The number of benzene rings is 1. The van der Waals surface area contributed by atoms with Gasteiger partial charge in [0.2, 0.25) is 0 Å². The van der Waals surface area contributed by atoms with E-state index in [0.29, 0.717) is 0 Å². The van der Waals surface area contributed by atoms with Crippen molar-refractivity contribution in [3.63, 3.8) is 0 Å². The molecule has 0 radical (unpaired) electrons. The molecule has 0 fully saturated rings. The van der Waals surface area contributed by atoms with Crippen LogP contribution in [0.25, 0.3) is 11.0 Å². The topological polar surface area (TPSA) is 25.2 Å². The summed E-state index contributed by atoms with van der Waals surface area (Å²) in [4.78, 5) is 0. The van der Waals surface area contributed by atoms with Gasteiger partial charge in [0.15, 0.2) is 0 Å². The number of aryl methyl sites for hydroxylation is 2. The van der Waals surface area contributed by atoms with Crippen LogP contribution < -0.4 is 5.32 Å². The summed E-state index contributed by atoms with van der Waals surface area (Å²) in [6.07, 6.45) is 0. The third-order valence-corrected chi connectivity index (χ3v) is 2.87. The Morgan fingerprint density at radius 1 is 1.20 bits per heavy atom. The average Bonchev–Trinajstić information content (AvgIpc) is 2.60. The first kappa shape index (κ1) is 10.2. The van der Waals surface area contributed by atoms with Gasteiger partial charge < -0.3 is 9.73 Å². The Morgan fingerprint density at radius 3 is 2.60 bits per heavy atom. The predicted octanol–water partition coefficient (Wildman–Crippen LogP) is 3.33. The molecule has 2 aromatic rings. The molecule has 2 heteroatoms. The zero-order valence-electron chi connectivity index (χ0n) is 9.72. The van der Waals surface area contributed by atoms with Crippen molar-refractivity contribution in [1.29, 1.82) is 0 Å². The molecule has 0 aliphatic carbocycles. The van der Waals surface area contributed by atoms with Crippen molar-refractivity contribution >= 4 is 11.0 Å². The van der Waals surface area contributed by atoms with Gasteiger partial charge in [-0.05, 0) is 51.1 Å². The van der Waals surface area contributed by atoms with Crippen LogP contribution in [0.3, 0.4) is 0 Å². The van der Waals surface area contributed by atoms with Crippen molar-refractivity contribution in [1.82, 2.24) is 5.32 Å². The van der Waals surface area contributed by atoms with Crippen molar-refractivity contribution in [2.45, 2.75) is 26.8 Å². The van der Waals surface area contributed by atoms with Crippen molar-refractivity contribution in [2.24, 2.45) is 0 Å². The van der Waals surface area contributed by atoms with Gasteiger partial charge in [0.25, 0.3) is 0 Å². The van der Waals surface area contributed by atoms with Gasteiger partial charge in [-0.2, -0.15) is 0 Å². The normalized spacial score (nSPS) is 13.3. The molecule has 0 amide bonds. The quantitative estimate of drug-likeness (QED) is 0.809. The summed E-state index contributed by atoms with van der Waals surface area (Å²) in [5.74, 6) is 1.00. The average molecular weight is 203 g/mol. The first-order chi connectivity index (χ1) is 7.11. The number of fused-ring (bicyclic) bond motifs is 1. The molecule has 0 aliphatic rings. The molecule has 1 heterocycles. The van der Waals surface area contributed by atoms with Crippen LogP contribution in [0.1, 0.15) is 29.9 Å². The summed E-state index contributed by atoms with van der Waals surface area (Å²) in [7, 11) is 1.94. The first-order valence-electron chi connectivity index (χ1n) is 5.29. The molecule has 2 nitrogen and oxygen atoms in total. The standard InChI is InChI=1S/C13H17NO/c1-8-5-9(2)11-7-12(10(3)14-4)15-13(11)6-8/h5-7,10,14H,1-4H3. The monoisotopic (exact) mass is 203 g/mol. The third-order valence-electron chi connectivity index (χ3n) is 2.87. The molecule has 0 bridgehead atoms. The van der Waals surface area contributed by atoms with Crippen LogP contribution in [-0.2, 0) is 0 Å². The fourth-order valence-electron chi connectivity index (χ4n) is 1.86. The molecule has 2 rings (SSSR count). The maximum absolute atomic E-state index is 5.82. The molecule has 1 N–H and O–H groups in total. The summed E-state index contributed by atoms with van der Waals surface area (Å²) >= 11 is 0. The van der Waals surface area contributed by atoms with Gasteiger partial charge in [0.05, 0.1) is 6.04 Å². The summed E-state index contributed by atoms with van der Waals surface area (Å²) in [5, 5.41) is 4.40. The lowest BCUT2D eigenvalue weighted by Crippen LogP contribution is -2.10. The molecule has 1 unspecified atom stereocenters. The van der Waals surface area contributed by atoms with E-state index in [9.17, 15) is 0 Å². The molecule has 0 aliphatic heterocycles. The van der Waals surface area contributed by atoms with Crippen LogP contribution >= 0.6 is 0 Å². The second-order valence-corrected chi connectivity index (χ2v) is 4.15. The maximum atomic E-state index is 5.82. The molecular weight excluding hydrogens is 186 g/mol. The second kappa shape index (κ2) is 3.70. The zero-order valence-corrected chi connectivity index (χ0v) is 9.72. The lowest BCUT2D eigenvalue weighted by molar-refractivity contribution is 0.475. The van der Waals surface area contributed by atoms with E-state index in [1.54, 1.807) is 0 Å². The molecule has 15 heavy (non-hydrogen) atoms. The SMILES string of the molecule is CNC(C)c1cc2c(C)cc(C)cc2o1. The Balaban J connectivity index is 2.60. The highest BCUT2D eigenvalue weighted by atomic mass is 16.3. The highest BCUT2D eigenvalue weighted by Gasteiger charge is 2.10. The van der Waals surface area contributed by atoms with Crippen molar-refractivity contribution < 1.29 is 4.42 Å². The summed E-state index contributed by atoms with van der Waals surface area (Å²) in [5.41, 5.74) is 3.52. The Kier molecular flexibility index (Phi) is 2.53. The molecule has 1 aromatic heterocycles. The number of hydrogen-bond acceptors (Lipinski definition) is 2. The summed E-state index contributed by atoms with van der Waals surface area (Å²) in [6, 6.07) is 6.67. The fourth-order valence-corrected chi connectivity index (χ4v) is 1.86. The Morgan fingerprint density at radius 2 is 1.93 bits per heavy atom. The Labute approximate surface area is 90.3 Å². The van der Waals surface area contributed by atoms with E-state index < -0.39 is 0 Å². The van der Waals surface area contributed by atoms with Crippen LogP contribution in [0.4, 0.5) is 0 Å². The zero-order chi connectivity index (χ0) is 11.0. The minimum atomic E-state index is 0.261. The van der Waals surface area contributed by atoms with Crippen molar-refractivity contribution in [3.05, 3.63) is 35.1 Å². The van der Waals surface area contributed by atoms with Gasteiger partial charge in [-0.25, -0.2) is 0 Å². The van der Waals surface area contributed by atoms with Gasteiger partial charge in [0.1, 0.15) is 11.3 Å². The molecule has 1 atom stereocenters. The van der Waals surface area contributed by atoms with E-state index >= 15 is 0 Å². The van der Waals surface area contributed by atoms with E-state index in [1.807, 2.05) is 7.05 Å². The molecule has 0 saturated heterocycles. The fraction of sp³-hybridized carbons (Fsp3) is 0.385. The smallest absolute Gasteiger partial charge is 0.134 e. The van der Waals surface area contributed by atoms with Crippen LogP contribution in [0, 0.1) is 13.8 Å². The van der Waals surface area contributed by atoms with Gasteiger partial charge >= 0.3 is 0 Å². The third kappa shape index (κ3) is 1.77. The van der Waals surface area contributed by atoms with E-state index in [0.717, 1.165) is 11.3 Å². The van der Waals surface area contributed by atoms with E-state index in [1.165, 1.54) is 16.5 Å². The molecule has 1 aromatic carbocycles. The van der Waals surface area contributed by atoms with Crippen LogP contribution in [0.15, 0.2) is 22.6 Å². The maximum Gasteiger partial charge on any atom is 0.134 e.